The quantitative estimate of drug-likeness (QED) is 0.723. The molecule has 2 N–H and O–H groups in total. The molecule has 1 fully saturated rings. The first kappa shape index (κ1) is 16.6. The lowest BCUT2D eigenvalue weighted by atomic mass is 10.1. The van der Waals surface area contributed by atoms with Crippen LogP contribution in [0.3, 0.4) is 0 Å². The number of hydrogen-bond acceptors (Lipinski definition) is 4. The Balaban J connectivity index is 2.04. The Labute approximate surface area is 132 Å². The predicted molar refractivity (Wildman–Crippen MR) is 87.1 cm³/mol. The minimum Gasteiger partial charge on any atom is -0.396 e. The van der Waals surface area contributed by atoms with Gasteiger partial charge in [-0.05, 0) is 30.4 Å². The van der Waals surface area contributed by atoms with Gasteiger partial charge in [0.1, 0.15) is 0 Å². The van der Waals surface area contributed by atoms with Gasteiger partial charge in [0.15, 0.2) is 0 Å². The van der Waals surface area contributed by atoms with Crippen LogP contribution in [0.4, 0.5) is 5.69 Å². The highest BCUT2D eigenvalue weighted by Gasteiger charge is 2.25. The second-order valence-corrected chi connectivity index (χ2v) is 5.94. The van der Waals surface area contributed by atoms with Crippen LogP contribution < -0.4 is 10.2 Å². The van der Waals surface area contributed by atoms with E-state index < -0.39 is 0 Å². The summed E-state index contributed by atoms with van der Waals surface area (Å²) >= 11 is 6.43. The number of ether oxygens (including phenoxy) is 1. The summed E-state index contributed by atoms with van der Waals surface area (Å²) in [4.78, 5) is 2.36. The summed E-state index contributed by atoms with van der Waals surface area (Å²) in [6.45, 7) is 4.59. The van der Waals surface area contributed by atoms with E-state index in [1.165, 1.54) is 5.56 Å². The van der Waals surface area contributed by atoms with Crippen LogP contribution in [0.5, 0.6) is 0 Å². The van der Waals surface area contributed by atoms with Gasteiger partial charge in [-0.3, -0.25) is 0 Å². The number of hydrogen-bond donors (Lipinski definition) is 2. The van der Waals surface area contributed by atoms with Crippen LogP contribution in [0.15, 0.2) is 18.2 Å². The maximum absolute atomic E-state index is 9.09. The van der Waals surface area contributed by atoms with E-state index in [9.17, 15) is 0 Å². The summed E-state index contributed by atoms with van der Waals surface area (Å²) in [5.74, 6) is 0.570. The minimum atomic E-state index is 0.270. The number of aliphatic hydroxyl groups is 1. The zero-order valence-electron chi connectivity index (χ0n) is 12.6. The average molecular weight is 313 g/mol. The van der Waals surface area contributed by atoms with Gasteiger partial charge in [0, 0.05) is 39.9 Å². The molecular formula is C16H25ClN2O2. The fourth-order valence-electron chi connectivity index (χ4n) is 2.91. The lowest BCUT2D eigenvalue weighted by Gasteiger charge is -2.24. The van der Waals surface area contributed by atoms with Crippen LogP contribution >= 0.6 is 11.6 Å². The van der Waals surface area contributed by atoms with Crippen LogP contribution in [0.1, 0.15) is 18.4 Å². The molecule has 1 unspecified atom stereocenters. The van der Waals surface area contributed by atoms with Gasteiger partial charge < -0.3 is 20.1 Å². The van der Waals surface area contributed by atoms with Crippen molar-refractivity contribution in [2.45, 2.75) is 19.4 Å². The average Bonchev–Trinajstić information content (AvgIpc) is 2.92. The molecule has 1 aliphatic heterocycles. The molecule has 0 radical (unpaired) electrons. The molecule has 1 saturated heterocycles. The maximum Gasteiger partial charge on any atom is 0.0642 e. The molecule has 0 saturated carbocycles. The minimum absolute atomic E-state index is 0.270. The van der Waals surface area contributed by atoms with Gasteiger partial charge in [0.05, 0.1) is 17.3 Å². The second-order valence-electron chi connectivity index (χ2n) is 5.53. The molecule has 0 aromatic heterocycles. The van der Waals surface area contributed by atoms with Gasteiger partial charge in [-0.15, -0.1) is 0 Å². The number of para-hydroxylation sites is 1. The van der Waals surface area contributed by atoms with E-state index >= 15 is 0 Å². The molecule has 0 aliphatic carbocycles. The summed E-state index contributed by atoms with van der Waals surface area (Å²) in [6, 6.07) is 6.08. The van der Waals surface area contributed by atoms with E-state index in [1.807, 2.05) is 12.1 Å². The van der Waals surface area contributed by atoms with E-state index in [4.69, 9.17) is 21.4 Å². The first-order valence-electron chi connectivity index (χ1n) is 7.59. The number of nitrogens with zero attached hydrogens (tertiary/aromatic N) is 1. The number of rotatable bonds is 8. The number of halogens is 1. The largest absolute Gasteiger partial charge is 0.396 e. The first-order chi connectivity index (χ1) is 10.3. The van der Waals surface area contributed by atoms with Gasteiger partial charge in [-0.2, -0.15) is 0 Å². The monoisotopic (exact) mass is 312 g/mol. The number of aliphatic hydroxyl groups excluding tert-OH is 1. The molecule has 4 nitrogen and oxygen atoms in total. The third-order valence-corrected chi connectivity index (χ3v) is 4.31. The normalized spacial score (nSPS) is 18.4. The third-order valence-electron chi connectivity index (χ3n) is 4.01. The van der Waals surface area contributed by atoms with E-state index in [1.54, 1.807) is 7.11 Å². The SMILES string of the molecule is COCCNCc1cccc(Cl)c1N1CCC(CCO)C1. The lowest BCUT2D eigenvalue weighted by Crippen LogP contribution is -2.24. The zero-order valence-corrected chi connectivity index (χ0v) is 13.4. The Kier molecular flexibility index (Phi) is 6.77. The topological polar surface area (TPSA) is 44.7 Å². The Morgan fingerprint density at radius 2 is 2.33 bits per heavy atom. The van der Waals surface area contributed by atoms with Crippen LogP contribution in [-0.2, 0) is 11.3 Å². The molecule has 118 valence electrons. The van der Waals surface area contributed by atoms with Gasteiger partial charge >= 0.3 is 0 Å². The van der Waals surface area contributed by atoms with Crippen molar-refractivity contribution in [3.63, 3.8) is 0 Å². The maximum atomic E-state index is 9.09. The molecule has 0 bridgehead atoms. The molecule has 1 aromatic rings. The predicted octanol–water partition coefficient (Wildman–Crippen LogP) is 2.28. The van der Waals surface area contributed by atoms with Crippen LogP contribution in [0.25, 0.3) is 0 Å². The van der Waals surface area contributed by atoms with Crippen LogP contribution in [0, 0.1) is 5.92 Å². The van der Waals surface area contributed by atoms with E-state index in [-0.39, 0.29) is 6.61 Å². The van der Waals surface area contributed by atoms with Crippen molar-refractivity contribution in [2.75, 3.05) is 44.9 Å². The summed E-state index contributed by atoms with van der Waals surface area (Å²) in [6.07, 6.45) is 2.00. The standard InChI is InChI=1S/C16H25ClN2O2/c1-21-10-7-18-11-14-3-2-4-15(17)16(14)19-8-5-13(12-19)6-9-20/h2-4,13,18,20H,5-12H2,1H3. The zero-order chi connectivity index (χ0) is 15.1. The molecule has 5 heteroatoms. The van der Waals surface area contributed by atoms with Gasteiger partial charge in [-0.25, -0.2) is 0 Å². The van der Waals surface area contributed by atoms with Crippen molar-refractivity contribution in [1.82, 2.24) is 5.32 Å². The van der Waals surface area contributed by atoms with Crippen molar-refractivity contribution < 1.29 is 9.84 Å². The van der Waals surface area contributed by atoms with Gasteiger partial charge in [0.25, 0.3) is 0 Å². The van der Waals surface area contributed by atoms with Crippen molar-refractivity contribution in [3.05, 3.63) is 28.8 Å². The summed E-state index contributed by atoms with van der Waals surface area (Å²) in [5, 5.41) is 13.3. The van der Waals surface area contributed by atoms with Gasteiger partial charge in [-0.1, -0.05) is 23.7 Å². The first-order valence-corrected chi connectivity index (χ1v) is 7.97. The smallest absolute Gasteiger partial charge is 0.0642 e. The van der Waals surface area contributed by atoms with Crippen LogP contribution in [0.2, 0.25) is 5.02 Å². The molecule has 0 amide bonds. The fraction of sp³-hybridized carbons (Fsp3) is 0.625. The van der Waals surface area contributed by atoms with Crippen molar-refractivity contribution in [2.24, 2.45) is 5.92 Å². The second kappa shape index (κ2) is 8.59. The molecule has 1 heterocycles. The van der Waals surface area contributed by atoms with Gasteiger partial charge in [0.2, 0.25) is 0 Å². The van der Waals surface area contributed by atoms with Crippen LogP contribution in [-0.4, -0.2) is 45.1 Å². The Morgan fingerprint density at radius 3 is 3.10 bits per heavy atom. The molecular weight excluding hydrogens is 288 g/mol. The molecule has 1 aromatic carbocycles. The molecule has 0 spiro atoms. The van der Waals surface area contributed by atoms with E-state index in [2.05, 4.69) is 16.3 Å². The number of methoxy groups -OCH3 is 1. The number of nitrogens with one attached hydrogen (secondary N) is 1. The Bertz CT molecular complexity index is 442. The Hall–Kier alpha value is -0.810. The Morgan fingerprint density at radius 1 is 1.48 bits per heavy atom. The third kappa shape index (κ3) is 4.58. The highest BCUT2D eigenvalue weighted by Crippen LogP contribution is 2.34. The number of anilines is 1. The highest BCUT2D eigenvalue weighted by molar-refractivity contribution is 6.33. The van der Waals surface area contributed by atoms with E-state index in [0.29, 0.717) is 12.5 Å². The molecule has 2 rings (SSSR count). The lowest BCUT2D eigenvalue weighted by molar-refractivity contribution is 0.199. The number of benzene rings is 1. The molecule has 1 aliphatic rings. The molecule has 21 heavy (non-hydrogen) atoms. The van der Waals surface area contributed by atoms with Crippen molar-refractivity contribution in [3.8, 4) is 0 Å². The molecule has 1 atom stereocenters. The van der Waals surface area contributed by atoms with Crippen molar-refractivity contribution >= 4 is 17.3 Å². The summed E-state index contributed by atoms with van der Waals surface area (Å²) < 4.78 is 5.05. The van der Waals surface area contributed by atoms with Crippen molar-refractivity contribution in [1.29, 1.82) is 0 Å². The summed E-state index contributed by atoms with van der Waals surface area (Å²) in [7, 11) is 1.71. The highest BCUT2D eigenvalue weighted by atomic mass is 35.5. The van der Waals surface area contributed by atoms with E-state index in [0.717, 1.165) is 49.7 Å². The fourth-order valence-corrected chi connectivity index (χ4v) is 3.22. The summed E-state index contributed by atoms with van der Waals surface area (Å²) in [5.41, 5.74) is 2.37.